The van der Waals surface area contributed by atoms with Crippen molar-refractivity contribution in [2.24, 2.45) is 14.1 Å². The molecule has 0 atom stereocenters. The molecular formula is C13H16I2N4O. The first-order chi connectivity index (χ1) is 8.63. The van der Waals surface area contributed by atoms with E-state index < -0.39 is 0 Å². The monoisotopic (exact) mass is 498 g/mol. The quantitative estimate of drug-likeness (QED) is 0.317. The third-order valence-electron chi connectivity index (χ3n) is 2.47. The highest BCUT2D eigenvalue weighted by Gasteiger charge is 2.04. The predicted molar refractivity (Wildman–Crippen MR) is 67.9 cm³/mol. The van der Waals surface area contributed by atoms with Crippen molar-refractivity contribution in [3.8, 4) is 0 Å². The van der Waals surface area contributed by atoms with Gasteiger partial charge in [0.25, 0.3) is 0 Å². The maximum absolute atomic E-state index is 11.7. The standard InChI is InChI=1S/C13H14N4O.2HI/c1-16-7-3-11(4-8-16)14-13(18)15-12-5-9-17(2)10-6-12;;/h3-10H,1-2H3;2*1H. The van der Waals surface area contributed by atoms with Crippen LogP contribution in [0, 0.1) is 0 Å². The molecule has 0 fully saturated rings. The molecule has 0 saturated heterocycles. The lowest BCUT2D eigenvalue weighted by Gasteiger charge is -2.05. The minimum absolute atomic E-state index is 0. The normalized spacial score (nSPS) is 8.90. The van der Waals surface area contributed by atoms with Gasteiger partial charge in [-0.1, -0.05) is 0 Å². The van der Waals surface area contributed by atoms with E-state index in [1.165, 1.54) is 0 Å². The molecule has 2 aromatic rings. The first-order valence-electron chi connectivity index (χ1n) is 5.62. The lowest BCUT2D eigenvalue weighted by atomic mass is 10.4. The number of hydrogen-bond acceptors (Lipinski definition) is 1. The summed E-state index contributed by atoms with van der Waals surface area (Å²) in [6, 6.07) is 7.10. The molecule has 0 bridgehead atoms. The Hall–Kier alpha value is -0.970. The number of nitrogens with zero attached hydrogens (tertiary/aromatic N) is 2. The molecular weight excluding hydrogens is 482 g/mol. The maximum Gasteiger partial charge on any atom is 0.323 e. The van der Waals surface area contributed by atoms with Gasteiger partial charge in [0.15, 0.2) is 24.8 Å². The Morgan fingerprint density at radius 2 is 1.10 bits per heavy atom. The van der Waals surface area contributed by atoms with E-state index in [2.05, 4.69) is 10.6 Å². The molecule has 2 rings (SSSR count). The molecule has 0 aliphatic carbocycles. The third-order valence-corrected chi connectivity index (χ3v) is 2.47. The number of anilines is 2. The number of aromatic nitrogens is 2. The number of halogens is 2. The average Bonchev–Trinajstić information content (AvgIpc) is 2.35. The Morgan fingerprint density at radius 1 is 0.800 bits per heavy atom. The summed E-state index contributed by atoms with van der Waals surface area (Å²) in [6.07, 6.45) is 7.49. The molecule has 0 spiro atoms. The number of amides is 2. The first kappa shape index (κ1) is 19.0. The molecule has 0 aliphatic heterocycles. The summed E-state index contributed by atoms with van der Waals surface area (Å²) >= 11 is 0. The second-order valence-electron chi connectivity index (χ2n) is 4.08. The van der Waals surface area contributed by atoms with Gasteiger partial charge < -0.3 is 58.6 Å². The topological polar surface area (TPSA) is 48.9 Å². The van der Waals surface area contributed by atoms with Crippen LogP contribution >= 0.6 is 0 Å². The zero-order valence-corrected chi connectivity index (χ0v) is 15.5. The second-order valence-corrected chi connectivity index (χ2v) is 4.08. The summed E-state index contributed by atoms with van der Waals surface area (Å²) in [5.41, 5.74) is 1.51. The Kier molecular flexibility index (Phi) is 8.62. The zero-order valence-electron chi connectivity index (χ0n) is 11.2. The number of carbonyl (C=O) groups is 1. The second kappa shape index (κ2) is 9.06. The largest absolute Gasteiger partial charge is 1.00 e. The SMILES string of the molecule is C[n+]1ccc(NC(=O)Nc2cc[n+](C)cc2)cc1.[I-].[I-]. The molecule has 5 nitrogen and oxygen atoms in total. The summed E-state index contributed by atoms with van der Waals surface area (Å²) in [5, 5.41) is 5.52. The van der Waals surface area contributed by atoms with Gasteiger partial charge >= 0.3 is 6.03 Å². The lowest BCUT2D eigenvalue weighted by molar-refractivity contribution is -0.671. The van der Waals surface area contributed by atoms with Crippen LogP contribution < -0.4 is 67.7 Å². The fourth-order valence-corrected chi connectivity index (χ4v) is 1.46. The van der Waals surface area contributed by atoms with Gasteiger partial charge in [-0.2, -0.15) is 0 Å². The summed E-state index contributed by atoms with van der Waals surface area (Å²) in [7, 11) is 3.85. The molecule has 2 N–H and O–H groups in total. The van der Waals surface area contributed by atoms with Crippen LogP contribution in [0.25, 0.3) is 0 Å². The Morgan fingerprint density at radius 3 is 1.40 bits per heavy atom. The highest BCUT2D eigenvalue weighted by molar-refractivity contribution is 5.99. The Balaban J connectivity index is 0.00000180. The summed E-state index contributed by atoms with van der Waals surface area (Å²) in [5.74, 6) is 0. The molecule has 0 saturated carbocycles. The lowest BCUT2D eigenvalue weighted by Crippen LogP contribution is -3.00. The molecule has 0 aromatic carbocycles. The number of rotatable bonds is 2. The van der Waals surface area contributed by atoms with Gasteiger partial charge in [-0.3, -0.25) is 0 Å². The minimum Gasteiger partial charge on any atom is -1.00 e. The zero-order chi connectivity index (χ0) is 13.0. The van der Waals surface area contributed by atoms with Crippen molar-refractivity contribution in [2.75, 3.05) is 10.6 Å². The van der Waals surface area contributed by atoms with E-state index in [0.29, 0.717) is 0 Å². The number of aryl methyl sites for hydroxylation is 2. The van der Waals surface area contributed by atoms with E-state index in [0.717, 1.165) is 11.4 Å². The van der Waals surface area contributed by atoms with Crippen LogP contribution in [0.2, 0.25) is 0 Å². The van der Waals surface area contributed by atoms with E-state index in [4.69, 9.17) is 0 Å². The third kappa shape index (κ3) is 5.99. The summed E-state index contributed by atoms with van der Waals surface area (Å²) in [4.78, 5) is 11.7. The van der Waals surface area contributed by atoms with Gasteiger partial charge in [0.1, 0.15) is 14.1 Å². The van der Waals surface area contributed by atoms with Crippen LogP contribution in [0.4, 0.5) is 16.2 Å². The van der Waals surface area contributed by atoms with Gasteiger partial charge in [0.05, 0.1) is 11.4 Å². The highest BCUT2D eigenvalue weighted by atomic mass is 127. The van der Waals surface area contributed by atoms with Gasteiger partial charge in [0.2, 0.25) is 0 Å². The van der Waals surface area contributed by atoms with E-state index in [1.807, 2.05) is 72.3 Å². The number of hydrogen-bond donors (Lipinski definition) is 2. The van der Waals surface area contributed by atoms with Crippen LogP contribution in [0.15, 0.2) is 49.1 Å². The van der Waals surface area contributed by atoms with Gasteiger partial charge in [-0.15, -0.1) is 0 Å². The minimum atomic E-state index is -0.252. The van der Waals surface area contributed by atoms with Crippen molar-refractivity contribution >= 4 is 17.4 Å². The van der Waals surface area contributed by atoms with Crippen LogP contribution in [0.1, 0.15) is 0 Å². The molecule has 2 amide bonds. The van der Waals surface area contributed by atoms with E-state index in [1.54, 1.807) is 0 Å². The molecule has 2 aromatic heterocycles. The highest BCUT2D eigenvalue weighted by Crippen LogP contribution is 2.06. The van der Waals surface area contributed by atoms with Crippen molar-refractivity contribution < 1.29 is 61.9 Å². The predicted octanol–water partition coefficient (Wildman–Crippen LogP) is -5.01. The molecule has 0 aliphatic rings. The Bertz CT molecular complexity index is 494. The van der Waals surface area contributed by atoms with Crippen molar-refractivity contribution in [1.29, 1.82) is 0 Å². The van der Waals surface area contributed by atoms with Crippen LogP contribution in [-0.2, 0) is 14.1 Å². The fourth-order valence-electron chi connectivity index (χ4n) is 1.46. The Labute approximate surface area is 152 Å². The van der Waals surface area contributed by atoms with Crippen LogP contribution in [0.3, 0.4) is 0 Å². The van der Waals surface area contributed by atoms with E-state index in [9.17, 15) is 4.79 Å². The van der Waals surface area contributed by atoms with Crippen LogP contribution in [-0.4, -0.2) is 6.03 Å². The van der Waals surface area contributed by atoms with Crippen LogP contribution in [0.5, 0.6) is 0 Å². The maximum atomic E-state index is 11.7. The summed E-state index contributed by atoms with van der Waals surface area (Å²) < 4.78 is 3.81. The van der Waals surface area contributed by atoms with Crippen molar-refractivity contribution in [3.05, 3.63) is 49.1 Å². The van der Waals surface area contributed by atoms with Crippen molar-refractivity contribution in [1.82, 2.24) is 0 Å². The van der Waals surface area contributed by atoms with Crippen molar-refractivity contribution in [3.63, 3.8) is 0 Å². The summed E-state index contributed by atoms with van der Waals surface area (Å²) in [6.45, 7) is 0. The molecule has 0 radical (unpaired) electrons. The molecule has 7 heteroatoms. The molecule has 108 valence electrons. The van der Waals surface area contributed by atoms with Gasteiger partial charge in [0, 0.05) is 24.3 Å². The fraction of sp³-hybridized carbons (Fsp3) is 0.154. The van der Waals surface area contributed by atoms with Crippen molar-refractivity contribution in [2.45, 2.75) is 0 Å². The van der Waals surface area contributed by atoms with Gasteiger partial charge in [-0.05, 0) is 0 Å². The van der Waals surface area contributed by atoms with Gasteiger partial charge in [-0.25, -0.2) is 13.9 Å². The molecule has 2 heterocycles. The molecule has 0 unspecified atom stereocenters. The number of nitrogens with one attached hydrogen (secondary N) is 2. The number of pyridine rings is 2. The smallest absolute Gasteiger partial charge is 0.323 e. The molecule has 20 heavy (non-hydrogen) atoms. The average molecular weight is 498 g/mol. The van der Waals surface area contributed by atoms with E-state index >= 15 is 0 Å². The number of urea groups is 1. The number of carbonyl (C=O) groups excluding carboxylic acids is 1. The first-order valence-corrected chi connectivity index (χ1v) is 5.62. The van der Waals surface area contributed by atoms with E-state index in [-0.39, 0.29) is 54.0 Å².